The minimum atomic E-state index is -0.941. The lowest BCUT2D eigenvalue weighted by Gasteiger charge is -2.39. The summed E-state index contributed by atoms with van der Waals surface area (Å²) in [4.78, 5) is 24.5. The molecule has 1 fully saturated rings. The lowest BCUT2D eigenvalue weighted by molar-refractivity contribution is -0.169. The first kappa shape index (κ1) is 15.3. The summed E-state index contributed by atoms with van der Waals surface area (Å²) in [5.41, 5.74) is 0.0230. The maximum atomic E-state index is 12.0. The molecule has 114 valence electrons. The van der Waals surface area contributed by atoms with Gasteiger partial charge in [0.25, 0.3) is 0 Å². The number of para-hydroxylation sites is 1. The van der Waals surface area contributed by atoms with Gasteiger partial charge in [0.2, 0.25) is 5.91 Å². The smallest absolute Gasteiger partial charge is 0.306 e. The van der Waals surface area contributed by atoms with Crippen LogP contribution in [0.5, 0.6) is 5.75 Å². The highest BCUT2D eigenvalue weighted by Crippen LogP contribution is 2.26. The maximum absolute atomic E-state index is 12.0. The van der Waals surface area contributed by atoms with Crippen LogP contribution in [0.1, 0.15) is 18.9 Å². The number of hydrogen-bond acceptors (Lipinski definition) is 4. The van der Waals surface area contributed by atoms with Gasteiger partial charge in [-0.1, -0.05) is 18.2 Å². The second kappa shape index (κ2) is 6.13. The van der Waals surface area contributed by atoms with Crippen LogP contribution in [0, 0.1) is 0 Å². The van der Waals surface area contributed by atoms with Gasteiger partial charge in [0.05, 0.1) is 25.7 Å². The largest absolute Gasteiger partial charge is 0.496 e. The number of carbonyl (C=O) groups excluding carboxylic acids is 1. The van der Waals surface area contributed by atoms with Gasteiger partial charge in [0.15, 0.2) is 0 Å². The summed E-state index contributed by atoms with van der Waals surface area (Å²) in [7, 11) is 1.58. The predicted octanol–water partition coefficient (Wildman–Crippen LogP) is 1.29. The van der Waals surface area contributed by atoms with Crippen molar-refractivity contribution >= 4 is 11.9 Å². The molecule has 1 aromatic carbocycles. The first-order chi connectivity index (χ1) is 9.93. The molecular weight excluding hydrogens is 274 g/mol. The van der Waals surface area contributed by atoms with Gasteiger partial charge in [0.1, 0.15) is 12.4 Å². The first-order valence-electron chi connectivity index (χ1n) is 6.69. The Labute approximate surface area is 123 Å². The van der Waals surface area contributed by atoms with Crippen LogP contribution in [0.15, 0.2) is 24.3 Å². The van der Waals surface area contributed by atoms with Crippen molar-refractivity contribution in [2.75, 3.05) is 20.3 Å². The highest BCUT2D eigenvalue weighted by molar-refractivity contribution is 5.79. The summed E-state index contributed by atoms with van der Waals surface area (Å²) in [5, 5.41) is 8.95. The van der Waals surface area contributed by atoms with Gasteiger partial charge in [-0.3, -0.25) is 9.59 Å². The molecule has 1 aliphatic heterocycles. The second-order valence-electron chi connectivity index (χ2n) is 5.37. The van der Waals surface area contributed by atoms with Gasteiger partial charge in [-0.05, 0) is 13.0 Å². The number of aliphatic carboxylic acids is 1. The molecule has 21 heavy (non-hydrogen) atoms. The molecule has 0 saturated carbocycles. The molecule has 0 radical (unpaired) electrons. The molecular formula is C15H19NO5. The summed E-state index contributed by atoms with van der Waals surface area (Å²) in [6, 6.07) is 7.45. The number of ether oxygens (including phenoxy) is 2. The van der Waals surface area contributed by atoms with Crippen LogP contribution < -0.4 is 4.74 Å². The molecule has 2 rings (SSSR count). The van der Waals surface area contributed by atoms with Crippen LogP contribution in [-0.4, -0.2) is 47.7 Å². The zero-order valence-electron chi connectivity index (χ0n) is 12.2. The average molecular weight is 293 g/mol. The van der Waals surface area contributed by atoms with E-state index < -0.39 is 11.6 Å². The zero-order chi connectivity index (χ0) is 15.5. The number of carboxylic acid groups (broad SMARTS) is 1. The fourth-order valence-corrected chi connectivity index (χ4v) is 2.47. The molecule has 1 unspecified atom stereocenters. The van der Waals surface area contributed by atoms with E-state index in [1.807, 2.05) is 24.3 Å². The van der Waals surface area contributed by atoms with Crippen molar-refractivity contribution in [1.82, 2.24) is 4.90 Å². The van der Waals surface area contributed by atoms with Crippen LogP contribution >= 0.6 is 0 Å². The third kappa shape index (κ3) is 3.72. The Morgan fingerprint density at radius 2 is 2.19 bits per heavy atom. The third-order valence-corrected chi connectivity index (χ3v) is 3.50. The Morgan fingerprint density at radius 1 is 1.48 bits per heavy atom. The lowest BCUT2D eigenvalue weighted by Crippen LogP contribution is -2.53. The van der Waals surface area contributed by atoms with Crippen LogP contribution in [0.4, 0.5) is 0 Å². The molecule has 1 N–H and O–H groups in total. The summed E-state index contributed by atoms with van der Waals surface area (Å²) in [5.74, 6) is -0.385. The molecule has 0 aromatic heterocycles. The van der Waals surface area contributed by atoms with E-state index in [1.165, 1.54) is 0 Å². The summed E-state index contributed by atoms with van der Waals surface area (Å²) in [6.45, 7) is 2.24. The summed E-state index contributed by atoms with van der Waals surface area (Å²) in [6.07, 6.45) is -0.136. The predicted molar refractivity (Wildman–Crippen MR) is 75.0 cm³/mol. The Morgan fingerprint density at radius 3 is 2.86 bits per heavy atom. The maximum Gasteiger partial charge on any atom is 0.306 e. The molecule has 1 saturated heterocycles. The number of nitrogens with zero attached hydrogens (tertiary/aromatic N) is 1. The molecule has 0 spiro atoms. The van der Waals surface area contributed by atoms with Crippen molar-refractivity contribution in [3.05, 3.63) is 29.8 Å². The van der Waals surface area contributed by atoms with Crippen LogP contribution in [-0.2, 0) is 20.9 Å². The molecule has 1 heterocycles. The number of morpholine rings is 1. The van der Waals surface area contributed by atoms with E-state index in [1.54, 1.807) is 18.9 Å². The van der Waals surface area contributed by atoms with Gasteiger partial charge in [-0.25, -0.2) is 0 Å². The Kier molecular flexibility index (Phi) is 4.47. The molecule has 6 nitrogen and oxygen atoms in total. The standard InChI is InChI=1S/C15H19NO5/c1-15(7-14(18)19)10-16(13(17)9-21-15)8-11-5-3-4-6-12(11)20-2/h3-6H,7-10H2,1-2H3,(H,18,19). The third-order valence-electron chi connectivity index (χ3n) is 3.50. The van der Waals surface area contributed by atoms with Crippen molar-refractivity contribution in [2.45, 2.75) is 25.5 Å². The number of hydrogen-bond donors (Lipinski definition) is 1. The van der Waals surface area contributed by atoms with Gasteiger partial charge in [-0.2, -0.15) is 0 Å². The molecule has 0 bridgehead atoms. The van der Waals surface area contributed by atoms with E-state index in [0.717, 1.165) is 5.56 Å². The first-order valence-corrected chi connectivity index (χ1v) is 6.69. The minimum absolute atomic E-state index is 0.0983. The second-order valence-corrected chi connectivity index (χ2v) is 5.37. The minimum Gasteiger partial charge on any atom is -0.496 e. The fraction of sp³-hybridized carbons (Fsp3) is 0.467. The van der Waals surface area contributed by atoms with E-state index in [2.05, 4.69) is 0 Å². The molecule has 0 aliphatic carbocycles. The summed E-state index contributed by atoms with van der Waals surface area (Å²) < 4.78 is 10.7. The van der Waals surface area contributed by atoms with E-state index in [9.17, 15) is 9.59 Å². The highest BCUT2D eigenvalue weighted by atomic mass is 16.5. The Balaban J connectivity index is 2.14. The van der Waals surface area contributed by atoms with Gasteiger partial charge in [-0.15, -0.1) is 0 Å². The average Bonchev–Trinajstić information content (AvgIpc) is 2.43. The SMILES string of the molecule is COc1ccccc1CN1CC(C)(CC(=O)O)OCC1=O. The van der Waals surface area contributed by atoms with Gasteiger partial charge >= 0.3 is 5.97 Å². The van der Waals surface area contributed by atoms with Crippen molar-refractivity contribution in [3.8, 4) is 5.75 Å². The number of rotatable bonds is 5. The number of carbonyl (C=O) groups is 2. The monoisotopic (exact) mass is 293 g/mol. The Bertz CT molecular complexity index is 545. The fourth-order valence-electron chi connectivity index (χ4n) is 2.47. The van der Waals surface area contributed by atoms with E-state index in [0.29, 0.717) is 12.3 Å². The number of carboxylic acids is 1. The van der Waals surface area contributed by atoms with Crippen LogP contribution in [0.25, 0.3) is 0 Å². The number of benzene rings is 1. The zero-order valence-corrected chi connectivity index (χ0v) is 12.2. The molecule has 1 aliphatic rings. The lowest BCUT2D eigenvalue weighted by atomic mass is 9.99. The van der Waals surface area contributed by atoms with Gasteiger partial charge in [0, 0.05) is 12.1 Å². The van der Waals surface area contributed by atoms with Gasteiger partial charge < -0.3 is 19.5 Å². The van der Waals surface area contributed by atoms with Crippen molar-refractivity contribution < 1.29 is 24.2 Å². The molecule has 1 atom stereocenters. The summed E-state index contributed by atoms with van der Waals surface area (Å²) >= 11 is 0. The topological polar surface area (TPSA) is 76.1 Å². The normalized spacial score (nSPS) is 22.2. The van der Waals surface area contributed by atoms with Crippen LogP contribution in [0.2, 0.25) is 0 Å². The van der Waals surface area contributed by atoms with Crippen molar-refractivity contribution in [1.29, 1.82) is 0 Å². The van der Waals surface area contributed by atoms with Crippen molar-refractivity contribution in [2.24, 2.45) is 0 Å². The molecule has 6 heteroatoms. The van der Waals surface area contributed by atoms with E-state index in [-0.39, 0.29) is 25.5 Å². The van der Waals surface area contributed by atoms with Crippen LogP contribution in [0.3, 0.4) is 0 Å². The quantitative estimate of drug-likeness (QED) is 0.885. The molecule has 1 aromatic rings. The Hall–Kier alpha value is -2.08. The van der Waals surface area contributed by atoms with Crippen molar-refractivity contribution in [3.63, 3.8) is 0 Å². The molecule has 1 amide bonds. The van der Waals surface area contributed by atoms with E-state index >= 15 is 0 Å². The van der Waals surface area contributed by atoms with E-state index in [4.69, 9.17) is 14.6 Å². The number of amides is 1. The number of methoxy groups -OCH3 is 1. The highest BCUT2D eigenvalue weighted by Gasteiger charge is 2.37.